The average molecular weight is 416 g/mol. The van der Waals surface area contributed by atoms with Crippen molar-refractivity contribution in [3.8, 4) is 11.8 Å². The van der Waals surface area contributed by atoms with Gasteiger partial charge >= 0.3 is 0 Å². The number of nitrogens with zero attached hydrogens (tertiary/aromatic N) is 2. The highest BCUT2D eigenvalue weighted by Crippen LogP contribution is 2.19. The van der Waals surface area contributed by atoms with Gasteiger partial charge in [0.05, 0.1) is 22.1 Å². The molecule has 30 heavy (non-hydrogen) atoms. The zero-order chi connectivity index (χ0) is 20.9. The molecule has 2 heterocycles. The third kappa shape index (κ3) is 4.43. The van der Waals surface area contributed by atoms with Gasteiger partial charge in [0, 0.05) is 18.2 Å². The van der Waals surface area contributed by atoms with Gasteiger partial charge in [0.2, 0.25) is 0 Å². The molecule has 1 amide bonds. The zero-order valence-corrected chi connectivity index (χ0v) is 16.6. The Morgan fingerprint density at radius 2 is 1.93 bits per heavy atom. The van der Waals surface area contributed by atoms with Gasteiger partial charge in [-0.15, -0.1) is 0 Å². The number of aromatic nitrogens is 3. The molecule has 0 bridgehead atoms. The smallest absolute Gasteiger partial charge is 0.287 e. The molecule has 148 valence electrons. The van der Waals surface area contributed by atoms with Crippen molar-refractivity contribution in [3.05, 3.63) is 88.8 Å². The number of anilines is 1. The largest absolute Gasteiger partial charge is 0.382 e. The molecule has 0 saturated carbocycles. The number of nitrogen functional groups attached to an aromatic ring is 1. The van der Waals surface area contributed by atoms with Crippen molar-refractivity contribution in [1.29, 1.82) is 0 Å². The van der Waals surface area contributed by atoms with E-state index in [4.69, 9.17) is 17.3 Å². The van der Waals surface area contributed by atoms with Crippen LogP contribution in [0, 0.1) is 11.8 Å². The summed E-state index contributed by atoms with van der Waals surface area (Å²) in [5, 5.41) is 3.38. The van der Waals surface area contributed by atoms with Crippen molar-refractivity contribution in [3.63, 3.8) is 0 Å². The molecule has 0 aliphatic carbocycles. The third-order valence-corrected chi connectivity index (χ3v) is 4.82. The van der Waals surface area contributed by atoms with Crippen LogP contribution in [0.1, 0.15) is 34.2 Å². The summed E-state index contributed by atoms with van der Waals surface area (Å²) in [5.41, 5.74) is 8.79. The Kier molecular flexibility index (Phi) is 5.64. The van der Waals surface area contributed by atoms with Crippen LogP contribution in [0.2, 0.25) is 5.02 Å². The summed E-state index contributed by atoms with van der Waals surface area (Å²) in [4.78, 5) is 24.2. The van der Waals surface area contributed by atoms with E-state index in [1.54, 1.807) is 12.3 Å². The SMILES string of the molecule is Nc1ncc(C#CC[C@@H](NC(=O)c2nc3ccccc3[nH]2)c2ccccc2)cc1Cl. The molecule has 1 atom stereocenters. The molecule has 6 nitrogen and oxygen atoms in total. The Morgan fingerprint density at radius 1 is 1.17 bits per heavy atom. The molecule has 0 aliphatic heterocycles. The summed E-state index contributed by atoms with van der Waals surface area (Å²) in [6, 6.07) is 18.5. The maximum atomic E-state index is 12.8. The number of hydrogen-bond acceptors (Lipinski definition) is 4. The van der Waals surface area contributed by atoms with E-state index in [-0.39, 0.29) is 23.6 Å². The summed E-state index contributed by atoms with van der Waals surface area (Å²) >= 11 is 6.00. The molecule has 4 rings (SSSR count). The number of imidazole rings is 1. The molecular weight excluding hydrogens is 398 g/mol. The first-order valence-electron chi connectivity index (χ1n) is 9.30. The number of amides is 1. The predicted octanol–water partition coefficient (Wildman–Crippen LogP) is 4.11. The first-order chi connectivity index (χ1) is 14.6. The van der Waals surface area contributed by atoms with Gasteiger partial charge in [-0.3, -0.25) is 4.79 Å². The highest BCUT2D eigenvalue weighted by Gasteiger charge is 2.17. The summed E-state index contributed by atoms with van der Waals surface area (Å²) in [6.45, 7) is 0. The number of carbonyl (C=O) groups is 1. The summed E-state index contributed by atoms with van der Waals surface area (Å²) < 4.78 is 0. The van der Waals surface area contributed by atoms with E-state index in [0.29, 0.717) is 17.0 Å². The van der Waals surface area contributed by atoms with Crippen molar-refractivity contribution in [2.45, 2.75) is 12.5 Å². The van der Waals surface area contributed by atoms with Crippen molar-refractivity contribution >= 4 is 34.4 Å². The number of benzene rings is 2. The van der Waals surface area contributed by atoms with Crippen LogP contribution in [-0.4, -0.2) is 20.9 Å². The van der Waals surface area contributed by atoms with Crippen LogP contribution in [0.4, 0.5) is 5.82 Å². The molecule has 0 saturated heterocycles. The van der Waals surface area contributed by atoms with E-state index < -0.39 is 0 Å². The fourth-order valence-electron chi connectivity index (χ4n) is 3.00. The zero-order valence-electron chi connectivity index (χ0n) is 15.9. The lowest BCUT2D eigenvalue weighted by Gasteiger charge is -2.16. The van der Waals surface area contributed by atoms with Gasteiger partial charge in [-0.2, -0.15) is 0 Å². The lowest BCUT2D eigenvalue weighted by molar-refractivity contribution is 0.0928. The second kappa shape index (κ2) is 8.68. The Bertz CT molecular complexity index is 1220. The molecular formula is C23H18ClN5O. The van der Waals surface area contributed by atoms with Gasteiger partial charge in [-0.25, -0.2) is 9.97 Å². The van der Waals surface area contributed by atoms with Gasteiger partial charge in [0.25, 0.3) is 5.91 Å². The number of nitrogens with one attached hydrogen (secondary N) is 2. The lowest BCUT2D eigenvalue weighted by atomic mass is 10.0. The van der Waals surface area contributed by atoms with Crippen molar-refractivity contribution in [2.24, 2.45) is 0 Å². The van der Waals surface area contributed by atoms with Gasteiger partial charge in [-0.05, 0) is 23.8 Å². The average Bonchev–Trinajstić information content (AvgIpc) is 3.20. The number of halogens is 1. The third-order valence-electron chi connectivity index (χ3n) is 4.52. The molecule has 0 fully saturated rings. The number of nitrogens with two attached hydrogens (primary N) is 1. The highest BCUT2D eigenvalue weighted by atomic mass is 35.5. The molecule has 0 spiro atoms. The molecule has 0 aliphatic rings. The Hall–Kier alpha value is -3.82. The van der Waals surface area contributed by atoms with E-state index in [9.17, 15) is 4.79 Å². The number of para-hydroxylation sites is 2. The molecule has 4 N–H and O–H groups in total. The fraction of sp³-hybridized carbons (Fsp3) is 0.0870. The van der Waals surface area contributed by atoms with Gasteiger partial charge in [0.15, 0.2) is 5.82 Å². The van der Waals surface area contributed by atoms with Crippen LogP contribution < -0.4 is 11.1 Å². The van der Waals surface area contributed by atoms with Crippen LogP contribution in [0.5, 0.6) is 0 Å². The second-order valence-corrected chi connectivity index (χ2v) is 7.04. The maximum absolute atomic E-state index is 12.8. The number of pyridine rings is 1. The molecule has 2 aromatic heterocycles. The Morgan fingerprint density at radius 3 is 2.70 bits per heavy atom. The topological polar surface area (TPSA) is 96.7 Å². The Labute approximate surface area is 178 Å². The number of rotatable bonds is 4. The van der Waals surface area contributed by atoms with Crippen LogP contribution in [0.15, 0.2) is 66.9 Å². The molecule has 7 heteroatoms. The van der Waals surface area contributed by atoms with E-state index in [1.807, 2.05) is 54.6 Å². The maximum Gasteiger partial charge on any atom is 0.287 e. The van der Waals surface area contributed by atoms with Crippen LogP contribution in [0.25, 0.3) is 11.0 Å². The van der Waals surface area contributed by atoms with E-state index in [0.717, 1.165) is 16.6 Å². The van der Waals surface area contributed by atoms with E-state index >= 15 is 0 Å². The Balaban J connectivity index is 1.55. The second-order valence-electron chi connectivity index (χ2n) is 6.64. The van der Waals surface area contributed by atoms with E-state index in [2.05, 4.69) is 32.1 Å². The molecule has 2 aromatic carbocycles. The minimum Gasteiger partial charge on any atom is -0.382 e. The predicted molar refractivity (Wildman–Crippen MR) is 118 cm³/mol. The van der Waals surface area contributed by atoms with Crippen molar-refractivity contribution < 1.29 is 4.79 Å². The monoisotopic (exact) mass is 415 g/mol. The minimum atomic E-state index is -0.309. The quantitative estimate of drug-likeness (QED) is 0.437. The van der Waals surface area contributed by atoms with Gasteiger partial charge < -0.3 is 16.0 Å². The van der Waals surface area contributed by atoms with Crippen molar-refractivity contribution in [1.82, 2.24) is 20.3 Å². The molecule has 0 radical (unpaired) electrons. The number of H-pyrrole nitrogens is 1. The normalized spacial score (nSPS) is 11.5. The minimum absolute atomic E-state index is 0.264. The number of fused-ring (bicyclic) bond motifs is 1. The number of aromatic amines is 1. The van der Waals surface area contributed by atoms with E-state index in [1.165, 1.54) is 0 Å². The van der Waals surface area contributed by atoms with Gasteiger partial charge in [-0.1, -0.05) is 65.9 Å². The lowest BCUT2D eigenvalue weighted by Crippen LogP contribution is -2.29. The summed E-state index contributed by atoms with van der Waals surface area (Å²) in [7, 11) is 0. The molecule has 4 aromatic rings. The number of carbonyl (C=O) groups excluding carboxylic acids is 1. The van der Waals surface area contributed by atoms with Gasteiger partial charge in [0.1, 0.15) is 5.82 Å². The summed E-state index contributed by atoms with van der Waals surface area (Å²) in [6.07, 6.45) is 1.97. The first kappa shape index (κ1) is 19.5. The van der Waals surface area contributed by atoms with Crippen LogP contribution in [-0.2, 0) is 0 Å². The van der Waals surface area contributed by atoms with Crippen molar-refractivity contribution in [2.75, 3.05) is 5.73 Å². The van der Waals surface area contributed by atoms with Crippen LogP contribution >= 0.6 is 11.6 Å². The fourth-order valence-corrected chi connectivity index (χ4v) is 3.16. The molecule has 0 unspecified atom stereocenters. The standard InChI is InChI=1S/C23H18ClN5O/c24-17-13-15(14-26-21(17)25)7-6-12-18(16-8-2-1-3-9-16)29-23(30)22-27-19-10-4-5-11-20(19)28-22/h1-5,8-11,13-14,18H,12H2,(H2,25,26)(H,27,28)(H,29,30)/t18-/m1/s1. The van der Waals surface area contributed by atoms with Crippen LogP contribution in [0.3, 0.4) is 0 Å². The summed E-state index contributed by atoms with van der Waals surface area (Å²) in [5.74, 6) is 6.35. The first-order valence-corrected chi connectivity index (χ1v) is 9.68. The highest BCUT2D eigenvalue weighted by molar-refractivity contribution is 6.32. The number of hydrogen-bond donors (Lipinski definition) is 3.